The number of nitrogens with zero attached hydrogens (tertiary/aromatic N) is 1. The second-order valence-corrected chi connectivity index (χ2v) is 5.09. The second kappa shape index (κ2) is 10.7. The Morgan fingerprint density at radius 1 is 0.714 bits per heavy atom. The minimum absolute atomic E-state index is 0.0165. The molecule has 1 aromatic carbocycles. The zero-order chi connectivity index (χ0) is 21.3. The molecule has 150 valence electrons. The van der Waals surface area contributed by atoms with E-state index in [0.29, 0.717) is 0 Å². The van der Waals surface area contributed by atoms with Crippen molar-refractivity contribution in [3.63, 3.8) is 0 Å². The Kier molecular flexibility index (Phi) is 8.62. The molecular formula is C19H21NO8. The Morgan fingerprint density at radius 2 is 1.11 bits per heavy atom. The first-order chi connectivity index (χ1) is 13.4. The van der Waals surface area contributed by atoms with Crippen molar-refractivity contribution in [2.45, 2.75) is 27.7 Å². The third-order valence-electron chi connectivity index (χ3n) is 3.38. The van der Waals surface area contributed by atoms with Crippen LogP contribution in [0.1, 0.15) is 74.7 Å². The summed E-state index contributed by atoms with van der Waals surface area (Å²) in [7, 11) is 0. The van der Waals surface area contributed by atoms with Gasteiger partial charge in [0.1, 0.15) is 6.07 Å². The van der Waals surface area contributed by atoms with Crippen LogP contribution in [0.3, 0.4) is 0 Å². The van der Waals surface area contributed by atoms with Gasteiger partial charge in [-0.25, -0.2) is 19.2 Å². The first-order valence-electron chi connectivity index (χ1n) is 8.67. The normalized spacial score (nSPS) is 9.82. The maximum Gasteiger partial charge on any atom is 0.340 e. The monoisotopic (exact) mass is 391 g/mol. The van der Waals surface area contributed by atoms with E-state index in [1.165, 1.54) is 20.8 Å². The number of carbonyl (C=O) groups excluding carboxylic acids is 4. The molecule has 0 amide bonds. The molecule has 0 aliphatic heterocycles. The van der Waals surface area contributed by atoms with Crippen LogP contribution in [-0.2, 0) is 18.9 Å². The van der Waals surface area contributed by atoms with E-state index in [1.807, 2.05) is 0 Å². The molecule has 28 heavy (non-hydrogen) atoms. The highest BCUT2D eigenvalue weighted by Crippen LogP contribution is 2.27. The highest BCUT2D eigenvalue weighted by Gasteiger charge is 2.35. The predicted octanol–water partition coefficient (Wildman–Crippen LogP) is 2.27. The first kappa shape index (κ1) is 22.6. The maximum absolute atomic E-state index is 12.6. The molecule has 0 spiro atoms. The number of benzene rings is 1. The first-order valence-corrected chi connectivity index (χ1v) is 8.67. The summed E-state index contributed by atoms with van der Waals surface area (Å²) in [5.74, 6) is -4.08. The molecule has 9 nitrogen and oxygen atoms in total. The molecule has 0 aliphatic rings. The molecule has 0 saturated carbocycles. The average molecular weight is 391 g/mol. The number of nitriles is 1. The van der Waals surface area contributed by atoms with Gasteiger partial charge in [-0.1, -0.05) is 0 Å². The van der Waals surface area contributed by atoms with E-state index in [2.05, 4.69) is 0 Å². The van der Waals surface area contributed by atoms with Gasteiger partial charge in [-0.15, -0.1) is 0 Å². The van der Waals surface area contributed by atoms with Crippen molar-refractivity contribution in [3.05, 3.63) is 33.9 Å². The van der Waals surface area contributed by atoms with Crippen LogP contribution in [0.5, 0.6) is 0 Å². The number of ether oxygens (including phenoxy) is 4. The van der Waals surface area contributed by atoms with Crippen LogP contribution in [-0.4, -0.2) is 50.3 Å². The average Bonchev–Trinajstić information content (AvgIpc) is 2.66. The minimum atomic E-state index is -1.07. The van der Waals surface area contributed by atoms with Crippen molar-refractivity contribution in [2.24, 2.45) is 0 Å². The molecule has 9 heteroatoms. The van der Waals surface area contributed by atoms with E-state index in [-0.39, 0.29) is 37.6 Å². The number of carbonyl (C=O) groups is 4. The van der Waals surface area contributed by atoms with Gasteiger partial charge in [0.15, 0.2) is 0 Å². The van der Waals surface area contributed by atoms with Crippen LogP contribution < -0.4 is 0 Å². The molecule has 0 aromatic heterocycles. The molecule has 0 fully saturated rings. The Balaban J connectivity index is 4.01. The van der Waals surface area contributed by atoms with Crippen LogP contribution in [0.25, 0.3) is 0 Å². The van der Waals surface area contributed by atoms with Crippen molar-refractivity contribution < 1.29 is 38.1 Å². The smallest absolute Gasteiger partial charge is 0.340 e. The highest BCUT2D eigenvalue weighted by molar-refractivity contribution is 6.16. The summed E-state index contributed by atoms with van der Waals surface area (Å²) < 4.78 is 19.7. The van der Waals surface area contributed by atoms with E-state index in [4.69, 9.17) is 18.9 Å². The summed E-state index contributed by atoms with van der Waals surface area (Å²) in [5, 5.41) is 9.46. The van der Waals surface area contributed by atoms with E-state index in [9.17, 15) is 24.4 Å². The molecule has 1 rings (SSSR count). The topological polar surface area (TPSA) is 129 Å². The van der Waals surface area contributed by atoms with Gasteiger partial charge in [-0.2, -0.15) is 5.26 Å². The van der Waals surface area contributed by atoms with E-state index < -0.39 is 40.6 Å². The van der Waals surface area contributed by atoms with Gasteiger partial charge in [0.05, 0.1) is 54.2 Å². The van der Waals surface area contributed by atoms with E-state index in [1.54, 1.807) is 13.0 Å². The molecule has 0 radical (unpaired) electrons. The van der Waals surface area contributed by atoms with Gasteiger partial charge >= 0.3 is 23.9 Å². The summed E-state index contributed by atoms with van der Waals surface area (Å²) in [6.45, 7) is 5.94. The number of hydrogen-bond acceptors (Lipinski definition) is 9. The van der Waals surface area contributed by atoms with Crippen molar-refractivity contribution in [2.75, 3.05) is 26.4 Å². The van der Waals surface area contributed by atoms with Gasteiger partial charge in [0, 0.05) is 0 Å². The Morgan fingerprint density at radius 3 is 1.54 bits per heavy atom. The summed E-state index contributed by atoms with van der Waals surface area (Å²) >= 11 is 0. The van der Waals surface area contributed by atoms with Crippen LogP contribution in [0.15, 0.2) is 6.07 Å². The van der Waals surface area contributed by atoms with Crippen molar-refractivity contribution in [1.82, 2.24) is 0 Å². The van der Waals surface area contributed by atoms with E-state index >= 15 is 0 Å². The van der Waals surface area contributed by atoms with Gasteiger partial charge in [0.25, 0.3) is 0 Å². The lowest BCUT2D eigenvalue weighted by Crippen LogP contribution is -2.25. The lowest BCUT2D eigenvalue weighted by atomic mass is 9.91. The molecule has 1 aromatic rings. The van der Waals surface area contributed by atoms with Crippen molar-refractivity contribution in [1.29, 1.82) is 5.26 Å². The van der Waals surface area contributed by atoms with Crippen LogP contribution in [0, 0.1) is 11.3 Å². The second-order valence-electron chi connectivity index (χ2n) is 5.09. The fraction of sp³-hybridized carbons (Fsp3) is 0.421. The molecular weight excluding hydrogens is 370 g/mol. The zero-order valence-electron chi connectivity index (χ0n) is 16.1. The van der Waals surface area contributed by atoms with Crippen LogP contribution in [0.4, 0.5) is 0 Å². The molecule has 0 aliphatic carbocycles. The fourth-order valence-electron chi connectivity index (χ4n) is 2.38. The maximum atomic E-state index is 12.6. The minimum Gasteiger partial charge on any atom is -0.462 e. The molecule has 0 unspecified atom stereocenters. The number of esters is 4. The summed E-state index contributed by atoms with van der Waals surface area (Å²) in [5.41, 5.74) is -2.27. The van der Waals surface area contributed by atoms with Crippen LogP contribution >= 0.6 is 0 Å². The van der Waals surface area contributed by atoms with Gasteiger partial charge in [0.2, 0.25) is 0 Å². The highest BCUT2D eigenvalue weighted by atomic mass is 16.5. The van der Waals surface area contributed by atoms with Gasteiger partial charge in [-0.3, -0.25) is 0 Å². The molecule has 0 saturated heterocycles. The summed E-state index contributed by atoms with van der Waals surface area (Å²) in [6.07, 6.45) is 0. The van der Waals surface area contributed by atoms with Crippen molar-refractivity contribution in [3.8, 4) is 6.07 Å². The summed E-state index contributed by atoms with van der Waals surface area (Å²) in [6, 6.07) is 2.74. The Bertz CT molecular complexity index is 822. The Hall–Kier alpha value is -3.41. The molecule has 0 N–H and O–H groups in total. The summed E-state index contributed by atoms with van der Waals surface area (Å²) in [4.78, 5) is 50.0. The fourth-order valence-corrected chi connectivity index (χ4v) is 2.38. The van der Waals surface area contributed by atoms with Crippen LogP contribution in [0.2, 0.25) is 0 Å². The largest absolute Gasteiger partial charge is 0.462 e. The van der Waals surface area contributed by atoms with Gasteiger partial charge in [-0.05, 0) is 33.8 Å². The lowest BCUT2D eigenvalue weighted by molar-refractivity contribution is 0.0443. The molecule has 0 atom stereocenters. The molecule has 0 heterocycles. The zero-order valence-corrected chi connectivity index (χ0v) is 16.1. The third kappa shape index (κ3) is 4.85. The van der Waals surface area contributed by atoms with E-state index in [0.717, 1.165) is 6.07 Å². The standard InChI is InChI=1S/C19H21NO8/c1-5-25-16(21)12-9-11(10-20)13(17(22)26-6-2)15(19(24)28-8-4)14(12)18(23)27-7-3/h9H,5-8H2,1-4H3. The quantitative estimate of drug-likeness (QED) is 0.484. The Labute approximate surface area is 162 Å². The number of hydrogen-bond donors (Lipinski definition) is 0. The third-order valence-corrected chi connectivity index (χ3v) is 3.38. The SMILES string of the molecule is CCOC(=O)c1cc(C#N)c(C(=O)OCC)c(C(=O)OCC)c1C(=O)OCC. The number of rotatable bonds is 8. The molecule has 0 bridgehead atoms. The van der Waals surface area contributed by atoms with Gasteiger partial charge < -0.3 is 18.9 Å². The predicted molar refractivity (Wildman–Crippen MR) is 95.0 cm³/mol. The lowest BCUT2D eigenvalue weighted by Gasteiger charge is -2.17. The van der Waals surface area contributed by atoms with Crippen molar-refractivity contribution >= 4 is 23.9 Å².